The first kappa shape index (κ1) is 19.5. The molecule has 0 radical (unpaired) electrons. The Balaban J connectivity index is 2.55. The molecule has 1 aromatic rings. The second kappa shape index (κ2) is 9.59. The summed E-state index contributed by atoms with van der Waals surface area (Å²) in [7, 11) is 0. The van der Waals surface area contributed by atoms with Gasteiger partial charge in [-0.25, -0.2) is 4.79 Å². The molecule has 0 spiro atoms. The van der Waals surface area contributed by atoms with E-state index >= 15 is 0 Å². The molecule has 0 saturated carbocycles. The van der Waals surface area contributed by atoms with Crippen LogP contribution in [0.1, 0.15) is 65.9 Å². The van der Waals surface area contributed by atoms with Crippen LogP contribution in [0, 0.1) is 5.92 Å². The average molecular weight is 319 g/mol. The summed E-state index contributed by atoms with van der Waals surface area (Å²) in [6.07, 6.45) is 5.10. The summed E-state index contributed by atoms with van der Waals surface area (Å²) >= 11 is 0. The highest BCUT2D eigenvalue weighted by Gasteiger charge is 2.19. The molecular formula is C20H33NO2. The van der Waals surface area contributed by atoms with E-state index in [-0.39, 0.29) is 12.1 Å². The summed E-state index contributed by atoms with van der Waals surface area (Å²) in [6, 6.07) is 10.4. The van der Waals surface area contributed by atoms with Gasteiger partial charge in [-0.2, -0.15) is 0 Å². The van der Waals surface area contributed by atoms with Crippen molar-refractivity contribution in [2.75, 3.05) is 0 Å². The van der Waals surface area contributed by atoms with Gasteiger partial charge in [0, 0.05) is 6.04 Å². The first-order chi connectivity index (χ1) is 10.8. The molecule has 1 rings (SSSR count). The lowest BCUT2D eigenvalue weighted by Crippen LogP contribution is -2.40. The molecule has 1 aromatic carbocycles. The third-order valence-corrected chi connectivity index (χ3v) is 3.63. The number of carbonyl (C=O) groups is 1. The number of ether oxygens (including phenoxy) is 1. The van der Waals surface area contributed by atoms with E-state index in [0.717, 1.165) is 25.2 Å². The summed E-state index contributed by atoms with van der Waals surface area (Å²) < 4.78 is 5.40. The van der Waals surface area contributed by atoms with Gasteiger partial charge in [0.15, 0.2) is 0 Å². The molecule has 3 heteroatoms. The van der Waals surface area contributed by atoms with Crippen molar-refractivity contribution in [3.63, 3.8) is 0 Å². The number of hydrogen-bond acceptors (Lipinski definition) is 2. The van der Waals surface area contributed by atoms with E-state index in [0.29, 0.717) is 0 Å². The lowest BCUT2D eigenvalue weighted by molar-refractivity contribution is 0.0501. The van der Waals surface area contributed by atoms with E-state index in [1.165, 1.54) is 18.4 Å². The molecule has 0 heterocycles. The van der Waals surface area contributed by atoms with Crippen molar-refractivity contribution in [1.29, 1.82) is 0 Å². The summed E-state index contributed by atoms with van der Waals surface area (Å²) in [6.45, 7) is 10.2. The summed E-state index contributed by atoms with van der Waals surface area (Å²) in [5.74, 6) is 0.737. The summed E-state index contributed by atoms with van der Waals surface area (Å²) in [5, 5.41) is 3.05. The van der Waals surface area contributed by atoms with Crippen LogP contribution >= 0.6 is 0 Å². The first-order valence-electron chi connectivity index (χ1n) is 8.79. The molecule has 0 bridgehead atoms. The van der Waals surface area contributed by atoms with Crippen molar-refractivity contribution in [1.82, 2.24) is 5.32 Å². The lowest BCUT2D eigenvalue weighted by Gasteiger charge is -2.24. The number of rotatable bonds is 8. The van der Waals surface area contributed by atoms with Gasteiger partial charge in [0.2, 0.25) is 0 Å². The molecule has 1 amide bonds. The van der Waals surface area contributed by atoms with Gasteiger partial charge in [0.1, 0.15) is 5.60 Å². The number of unbranched alkanes of at least 4 members (excludes halogenated alkanes) is 1. The van der Waals surface area contributed by atoms with Crippen molar-refractivity contribution in [2.45, 2.75) is 78.4 Å². The van der Waals surface area contributed by atoms with Crippen LogP contribution in [0.5, 0.6) is 0 Å². The molecule has 0 saturated heterocycles. The van der Waals surface area contributed by atoms with Gasteiger partial charge in [-0.1, -0.05) is 63.4 Å². The highest BCUT2D eigenvalue weighted by molar-refractivity contribution is 5.68. The van der Waals surface area contributed by atoms with Crippen molar-refractivity contribution < 1.29 is 9.53 Å². The van der Waals surface area contributed by atoms with Crippen LogP contribution in [-0.2, 0) is 11.2 Å². The Kier molecular flexibility index (Phi) is 8.15. The maximum atomic E-state index is 12.1. The minimum absolute atomic E-state index is 0.124. The Labute approximate surface area is 141 Å². The highest BCUT2D eigenvalue weighted by atomic mass is 16.6. The van der Waals surface area contributed by atoms with Crippen LogP contribution in [-0.4, -0.2) is 17.7 Å². The lowest BCUT2D eigenvalue weighted by atomic mass is 9.98. The summed E-state index contributed by atoms with van der Waals surface area (Å²) in [4.78, 5) is 12.1. The fraction of sp³-hybridized carbons (Fsp3) is 0.650. The monoisotopic (exact) mass is 319 g/mol. The minimum Gasteiger partial charge on any atom is -0.444 e. The normalized spacial score (nSPS) is 13.0. The van der Waals surface area contributed by atoms with E-state index < -0.39 is 5.60 Å². The predicted molar refractivity (Wildman–Crippen MR) is 96.6 cm³/mol. The van der Waals surface area contributed by atoms with E-state index in [4.69, 9.17) is 4.74 Å². The van der Waals surface area contributed by atoms with Crippen LogP contribution in [0.2, 0.25) is 0 Å². The Morgan fingerprint density at radius 1 is 1.09 bits per heavy atom. The Morgan fingerprint density at radius 2 is 1.70 bits per heavy atom. The van der Waals surface area contributed by atoms with Gasteiger partial charge in [0.05, 0.1) is 0 Å². The number of benzene rings is 1. The van der Waals surface area contributed by atoms with E-state index in [1.807, 2.05) is 39.0 Å². The zero-order chi connectivity index (χ0) is 17.3. The molecule has 0 aromatic heterocycles. The third kappa shape index (κ3) is 9.98. The smallest absolute Gasteiger partial charge is 0.407 e. The number of hydrogen-bond donors (Lipinski definition) is 1. The first-order valence-corrected chi connectivity index (χ1v) is 8.79. The van der Waals surface area contributed by atoms with Crippen LogP contribution in [0.15, 0.2) is 30.3 Å². The fourth-order valence-electron chi connectivity index (χ4n) is 2.54. The van der Waals surface area contributed by atoms with Crippen LogP contribution in [0.4, 0.5) is 4.79 Å². The van der Waals surface area contributed by atoms with Gasteiger partial charge in [-0.15, -0.1) is 0 Å². The molecule has 23 heavy (non-hydrogen) atoms. The van der Waals surface area contributed by atoms with Crippen molar-refractivity contribution in [3.05, 3.63) is 35.9 Å². The van der Waals surface area contributed by atoms with Gasteiger partial charge in [-0.05, 0) is 45.1 Å². The molecule has 0 aliphatic carbocycles. The number of carbonyl (C=O) groups excluding carboxylic acids is 1. The van der Waals surface area contributed by atoms with Crippen molar-refractivity contribution >= 4 is 6.09 Å². The molecule has 0 fully saturated rings. The van der Waals surface area contributed by atoms with E-state index in [1.54, 1.807) is 0 Å². The Morgan fingerprint density at radius 3 is 2.26 bits per heavy atom. The molecule has 0 aliphatic heterocycles. The molecule has 1 unspecified atom stereocenters. The quantitative estimate of drug-likeness (QED) is 0.657. The maximum absolute atomic E-state index is 12.1. The fourth-order valence-corrected chi connectivity index (χ4v) is 2.54. The molecule has 1 atom stereocenters. The molecule has 3 nitrogen and oxygen atoms in total. The number of alkyl carbamates (subject to hydrolysis) is 1. The maximum Gasteiger partial charge on any atom is 0.407 e. The van der Waals surface area contributed by atoms with Gasteiger partial charge in [0.25, 0.3) is 0 Å². The van der Waals surface area contributed by atoms with Gasteiger partial charge in [-0.3, -0.25) is 0 Å². The van der Waals surface area contributed by atoms with Crippen LogP contribution in [0.3, 0.4) is 0 Å². The second-order valence-corrected chi connectivity index (χ2v) is 7.71. The Bertz CT molecular complexity index is 448. The van der Waals surface area contributed by atoms with Crippen LogP contribution < -0.4 is 5.32 Å². The largest absolute Gasteiger partial charge is 0.444 e. The van der Waals surface area contributed by atoms with E-state index in [9.17, 15) is 4.79 Å². The third-order valence-electron chi connectivity index (χ3n) is 3.63. The van der Waals surface area contributed by atoms with Crippen molar-refractivity contribution in [2.24, 2.45) is 5.92 Å². The average Bonchev–Trinajstić information content (AvgIpc) is 2.42. The minimum atomic E-state index is -0.459. The topological polar surface area (TPSA) is 38.3 Å². The van der Waals surface area contributed by atoms with Gasteiger partial charge >= 0.3 is 6.09 Å². The SMILES string of the molecule is CC(C)CCCCC(Cc1ccccc1)NC(=O)OC(C)(C)C. The van der Waals surface area contributed by atoms with Gasteiger partial charge < -0.3 is 10.1 Å². The Hall–Kier alpha value is -1.51. The van der Waals surface area contributed by atoms with Crippen LogP contribution in [0.25, 0.3) is 0 Å². The highest BCUT2D eigenvalue weighted by Crippen LogP contribution is 2.14. The second-order valence-electron chi connectivity index (χ2n) is 7.71. The van der Waals surface area contributed by atoms with Crippen molar-refractivity contribution in [3.8, 4) is 0 Å². The van der Waals surface area contributed by atoms with E-state index in [2.05, 4.69) is 31.3 Å². The predicted octanol–water partition coefficient (Wildman–Crippen LogP) is 5.34. The number of nitrogens with one attached hydrogen (secondary N) is 1. The zero-order valence-corrected chi connectivity index (χ0v) is 15.4. The molecule has 0 aliphatic rings. The molecular weight excluding hydrogens is 286 g/mol. The zero-order valence-electron chi connectivity index (χ0n) is 15.4. The standard InChI is InChI=1S/C20H33NO2/c1-16(2)11-9-10-14-18(15-17-12-7-6-8-13-17)21-19(22)23-20(3,4)5/h6-8,12-13,16,18H,9-11,14-15H2,1-5H3,(H,21,22). The molecule has 1 N–H and O–H groups in total. The summed E-state index contributed by atoms with van der Waals surface area (Å²) in [5.41, 5.74) is 0.788. The molecule has 130 valence electrons. The number of amides is 1.